The van der Waals surface area contributed by atoms with Crippen LogP contribution >= 0.6 is 0 Å². The molecule has 2 heterocycles. The molecule has 2 aromatic carbocycles. The standard InChI is InChI=1S/C21H22O11/c22-6-14-17(28)18(29)19(30)21(32-14)16-11(26)4-10(25)15-12(27)5-13(31-20(15)16)7-1-2-8(23)9(24)3-7/h1-4,13-14,17-19,21-26,28-30H,5-6H2/t13-,14-,17-,18+,19-,21+/m1/s1. The second-order valence-corrected chi connectivity index (χ2v) is 7.76. The summed E-state index contributed by atoms with van der Waals surface area (Å²) in [6.07, 6.45) is -9.22. The van der Waals surface area contributed by atoms with Gasteiger partial charge in [0.05, 0.1) is 18.6 Å². The first-order valence-electron chi connectivity index (χ1n) is 9.75. The van der Waals surface area contributed by atoms with E-state index in [0.717, 1.165) is 6.07 Å². The van der Waals surface area contributed by atoms with E-state index < -0.39 is 66.3 Å². The summed E-state index contributed by atoms with van der Waals surface area (Å²) in [7, 11) is 0. The Bertz CT molecular complexity index is 1050. The van der Waals surface area contributed by atoms with E-state index in [1.165, 1.54) is 18.2 Å². The minimum absolute atomic E-state index is 0.246. The Labute approximate surface area is 181 Å². The molecular weight excluding hydrogens is 428 g/mol. The third-order valence-electron chi connectivity index (χ3n) is 5.74. The number of aromatic hydroxyl groups is 4. The minimum atomic E-state index is -1.77. The molecule has 2 aromatic rings. The maximum atomic E-state index is 12.8. The van der Waals surface area contributed by atoms with Crippen LogP contribution in [0.1, 0.15) is 40.1 Å². The van der Waals surface area contributed by atoms with Crippen molar-refractivity contribution in [3.63, 3.8) is 0 Å². The SMILES string of the molecule is O=C1C[C@H](c2ccc(O)c(O)c2)Oc2c1c(O)cc(O)c2[C@@H]1O[C@H](CO)[C@@H](O)[C@H](O)[C@H]1O. The summed E-state index contributed by atoms with van der Waals surface area (Å²) in [5.41, 5.74) is -0.244. The van der Waals surface area contributed by atoms with E-state index in [1.54, 1.807) is 0 Å². The van der Waals surface area contributed by atoms with Crippen LogP contribution in [0.4, 0.5) is 0 Å². The number of phenolic OH excluding ortho intramolecular Hbond substituents is 4. The van der Waals surface area contributed by atoms with Crippen molar-refractivity contribution in [1.29, 1.82) is 0 Å². The zero-order valence-corrected chi connectivity index (χ0v) is 16.5. The quantitative estimate of drug-likeness (QED) is 0.287. The lowest BCUT2D eigenvalue weighted by Gasteiger charge is -2.41. The fraction of sp³-hybridized carbons (Fsp3) is 0.381. The average Bonchev–Trinajstić information content (AvgIpc) is 2.74. The number of hydrogen-bond acceptors (Lipinski definition) is 11. The Morgan fingerprint density at radius 3 is 2.25 bits per heavy atom. The van der Waals surface area contributed by atoms with Crippen LogP contribution in [0.2, 0.25) is 0 Å². The Hall–Kier alpha value is -3.09. The summed E-state index contributed by atoms with van der Waals surface area (Å²) in [6, 6.07) is 4.67. The maximum Gasteiger partial charge on any atom is 0.174 e. The summed E-state index contributed by atoms with van der Waals surface area (Å²) < 4.78 is 11.4. The lowest BCUT2D eigenvalue weighted by atomic mass is 9.87. The summed E-state index contributed by atoms with van der Waals surface area (Å²) >= 11 is 0. The monoisotopic (exact) mass is 450 g/mol. The van der Waals surface area contributed by atoms with Gasteiger partial charge in [0.15, 0.2) is 17.3 Å². The molecule has 0 spiro atoms. The van der Waals surface area contributed by atoms with E-state index in [1.807, 2.05) is 0 Å². The highest BCUT2D eigenvalue weighted by Crippen LogP contribution is 2.50. The molecule has 0 aromatic heterocycles. The Morgan fingerprint density at radius 1 is 0.875 bits per heavy atom. The van der Waals surface area contributed by atoms with Gasteiger partial charge in [-0.25, -0.2) is 0 Å². The second-order valence-electron chi connectivity index (χ2n) is 7.76. The number of carbonyl (C=O) groups is 1. The van der Waals surface area contributed by atoms with Crippen LogP contribution in [0.15, 0.2) is 24.3 Å². The van der Waals surface area contributed by atoms with Crippen molar-refractivity contribution in [2.75, 3.05) is 6.61 Å². The van der Waals surface area contributed by atoms with E-state index in [0.29, 0.717) is 5.56 Å². The molecule has 32 heavy (non-hydrogen) atoms. The van der Waals surface area contributed by atoms with Crippen LogP contribution in [-0.4, -0.2) is 77.7 Å². The number of rotatable bonds is 3. The van der Waals surface area contributed by atoms with Crippen molar-refractivity contribution in [2.24, 2.45) is 0 Å². The van der Waals surface area contributed by atoms with Gasteiger partial charge in [-0.05, 0) is 17.7 Å². The van der Waals surface area contributed by atoms with Crippen molar-refractivity contribution >= 4 is 5.78 Å². The second kappa shape index (κ2) is 8.11. The van der Waals surface area contributed by atoms with Gasteiger partial charge in [0, 0.05) is 6.07 Å². The molecule has 1 saturated heterocycles. The topological polar surface area (TPSA) is 197 Å². The van der Waals surface area contributed by atoms with Gasteiger partial charge in [0.1, 0.15) is 59.4 Å². The molecule has 1 fully saturated rings. The van der Waals surface area contributed by atoms with E-state index in [9.17, 15) is 45.6 Å². The number of ether oxygens (including phenoxy) is 2. The molecule has 11 nitrogen and oxygen atoms in total. The molecular formula is C21H22O11. The van der Waals surface area contributed by atoms with Gasteiger partial charge in [-0.3, -0.25) is 4.79 Å². The summed E-state index contributed by atoms with van der Waals surface area (Å²) in [5, 5.41) is 80.2. The highest BCUT2D eigenvalue weighted by Gasteiger charge is 2.47. The largest absolute Gasteiger partial charge is 0.507 e. The zero-order valence-electron chi connectivity index (χ0n) is 16.5. The van der Waals surface area contributed by atoms with Crippen LogP contribution in [0.5, 0.6) is 28.7 Å². The molecule has 6 atom stereocenters. The van der Waals surface area contributed by atoms with Gasteiger partial charge in [-0.15, -0.1) is 0 Å². The molecule has 8 N–H and O–H groups in total. The molecule has 0 saturated carbocycles. The number of phenols is 4. The first-order valence-corrected chi connectivity index (χ1v) is 9.75. The van der Waals surface area contributed by atoms with Crippen LogP contribution in [0.25, 0.3) is 0 Å². The smallest absolute Gasteiger partial charge is 0.174 e. The number of aliphatic hydroxyl groups excluding tert-OH is 4. The lowest BCUT2D eigenvalue weighted by molar-refractivity contribution is -0.232. The molecule has 0 aliphatic carbocycles. The van der Waals surface area contributed by atoms with Crippen molar-refractivity contribution < 1.29 is 55.1 Å². The minimum Gasteiger partial charge on any atom is -0.507 e. The van der Waals surface area contributed by atoms with Crippen molar-refractivity contribution in [2.45, 2.75) is 43.0 Å². The molecule has 0 amide bonds. The highest BCUT2D eigenvalue weighted by molar-refractivity contribution is 6.03. The van der Waals surface area contributed by atoms with Gasteiger partial charge in [0.25, 0.3) is 0 Å². The number of aliphatic hydroxyl groups is 4. The molecule has 0 bridgehead atoms. The fourth-order valence-corrected chi connectivity index (χ4v) is 4.03. The van der Waals surface area contributed by atoms with Crippen molar-refractivity contribution in [3.8, 4) is 28.7 Å². The predicted octanol–water partition coefficient (Wildman–Crippen LogP) is -0.270. The van der Waals surface area contributed by atoms with Crippen molar-refractivity contribution in [3.05, 3.63) is 41.0 Å². The van der Waals surface area contributed by atoms with Crippen molar-refractivity contribution in [1.82, 2.24) is 0 Å². The molecule has 0 unspecified atom stereocenters. The molecule has 172 valence electrons. The number of ketones is 1. The number of fused-ring (bicyclic) bond motifs is 1. The number of hydrogen-bond donors (Lipinski definition) is 8. The fourth-order valence-electron chi connectivity index (χ4n) is 4.03. The number of Topliss-reactive ketones (excluding diaryl/α,β-unsaturated/α-hetero) is 1. The lowest BCUT2D eigenvalue weighted by Crippen LogP contribution is -2.55. The molecule has 11 heteroatoms. The summed E-state index contributed by atoms with van der Waals surface area (Å²) in [5.74, 6) is -2.92. The molecule has 2 aliphatic rings. The molecule has 0 radical (unpaired) electrons. The van der Waals surface area contributed by atoms with Gasteiger partial charge in [-0.1, -0.05) is 6.07 Å². The van der Waals surface area contributed by atoms with Gasteiger partial charge in [0.2, 0.25) is 0 Å². The average molecular weight is 450 g/mol. The van der Waals surface area contributed by atoms with Crippen LogP contribution < -0.4 is 4.74 Å². The molecule has 2 aliphatic heterocycles. The summed E-state index contributed by atoms with van der Waals surface area (Å²) in [6.45, 7) is -0.711. The number of carbonyl (C=O) groups excluding carboxylic acids is 1. The normalized spacial score (nSPS) is 29.9. The summed E-state index contributed by atoms with van der Waals surface area (Å²) in [4.78, 5) is 12.8. The molecule has 4 rings (SSSR count). The van der Waals surface area contributed by atoms with E-state index in [4.69, 9.17) is 9.47 Å². The third-order valence-corrected chi connectivity index (χ3v) is 5.74. The van der Waals surface area contributed by atoms with Crippen LogP contribution in [0, 0.1) is 0 Å². The zero-order chi connectivity index (χ0) is 23.3. The highest BCUT2D eigenvalue weighted by atomic mass is 16.5. The first kappa shape index (κ1) is 22.1. The van der Waals surface area contributed by atoms with E-state index >= 15 is 0 Å². The maximum absolute atomic E-state index is 12.8. The van der Waals surface area contributed by atoms with Crippen LogP contribution in [-0.2, 0) is 4.74 Å². The first-order chi connectivity index (χ1) is 15.1. The Kier molecular flexibility index (Phi) is 5.61. The van der Waals surface area contributed by atoms with E-state index in [2.05, 4.69) is 0 Å². The van der Waals surface area contributed by atoms with Gasteiger partial charge < -0.3 is 50.3 Å². The van der Waals surface area contributed by atoms with Gasteiger partial charge in [-0.2, -0.15) is 0 Å². The van der Waals surface area contributed by atoms with Gasteiger partial charge >= 0.3 is 0 Å². The van der Waals surface area contributed by atoms with Crippen LogP contribution in [0.3, 0.4) is 0 Å². The predicted molar refractivity (Wildman–Crippen MR) is 105 cm³/mol. The van der Waals surface area contributed by atoms with E-state index in [-0.39, 0.29) is 29.0 Å². The Balaban J connectivity index is 1.82. The number of benzene rings is 2. The third kappa shape index (κ3) is 3.49. The Morgan fingerprint density at radius 2 is 1.59 bits per heavy atom.